The number of carbonyl (C=O) groups is 4. The fourth-order valence-corrected chi connectivity index (χ4v) is 7.18. The van der Waals surface area contributed by atoms with Crippen molar-refractivity contribution in [1.29, 1.82) is 0 Å². The number of hydrogen-bond acceptors (Lipinski definition) is 6. The van der Waals surface area contributed by atoms with Crippen LogP contribution in [-0.2, 0) is 0 Å². The molecule has 0 saturated carbocycles. The largest absolute Gasteiger partial charge is 0.320 e. The molecule has 0 bridgehead atoms. The van der Waals surface area contributed by atoms with E-state index in [9.17, 15) is 19.2 Å². The number of benzene rings is 6. The monoisotopic (exact) mass is 694 g/mol. The van der Waals surface area contributed by atoms with E-state index in [4.69, 9.17) is 0 Å². The summed E-state index contributed by atoms with van der Waals surface area (Å²) in [5.74, 6) is -1.35. The topological polar surface area (TPSA) is 116 Å². The van der Waals surface area contributed by atoms with Crippen LogP contribution in [0.5, 0.6) is 0 Å². The third-order valence-electron chi connectivity index (χ3n) is 7.39. The standard InChI is InChI=1S/C40H30N4O4S2/c45-37(27-15-5-1-6-16-27)41-31-23-13-25-33(35(31)43-39(47)29-19-9-3-10-20-29)49-50-34-26-14-24-32(42-38(46)28-17-7-2-8-18-28)36(34)44-40(48)30-21-11-4-12-22-30/h1-26H,(H,41,45)(H,42,46)(H,43,47)(H,44,48). The molecule has 6 aromatic carbocycles. The molecule has 10 heteroatoms. The van der Waals surface area contributed by atoms with E-state index in [1.54, 1.807) is 121 Å². The van der Waals surface area contributed by atoms with Gasteiger partial charge in [0, 0.05) is 32.0 Å². The Morgan fingerprint density at radius 3 is 0.900 bits per heavy atom. The van der Waals surface area contributed by atoms with Crippen LogP contribution in [0.15, 0.2) is 168 Å². The van der Waals surface area contributed by atoms with Gasteiger partial charge in [-0.25, -0.2) is 0 Å². The second-order valence-corrected chi connectivity index (χ2v) is 13.0. The van der Waals surface area contributed by atoms with Gasteiger partial charge in [0.05, 0.1) is 22.7 Å². The minimum atomic E-state index is -0.347. The Kier molecular flexibility index (Phi) is 11.0. The molecule has 0 saturated heterocycles. The van der Waals surface area contributed by atoms with Crippen LogP contribution in [-0.4, -0.2) is 23.6 Å². The Labute approximate surface area is 297 Å². The van der Waals surface area contributed by atoms with Crippen LogP contribution in [0.25, 0.3) is 0 Å². The zero-order valence-electron chi connectivity index (χ0n) is 26.5. The maximum Gasteiger partial charge on any atom is 0.255 e. The highest BCUT2D eigenvalue weighted by molar-refractivity contribution is 8.76. The average molecular weight is 695 g/mol. The summed E-state index contributed by atoms with van der Waals surface area (Å²) in [5, 5.41) is 11.9. The van der Waals surface area contributed by atoms with Crippen molar-refractivity contribution >= 4 is 68.0 Å². The molecule has 246 valence electrons. The van der Waals surface area contributed by atoms with E-state index in [0.717, 1.165) is 0 Å². The zero-order chi connectivity index (χ0) is 34.7. The van der Waals surface area contributed by atoms with Gasteiger partial charge in [0.15, 0.2) is 0 Å². The second-order valence-electron chi connectivity index (χ2n) is 10.8. The van der Waals surface area contributed by atoms with Crippen molar-refractivity contribution in [3.8, 4) is 0 Å². The summed E-state index contributed by atoms with van der Waals surface area (Å²) in [6.07, 6.45) is 0. The van der Waals surface area contributed by atoms with Crippen molar-refractivity contribution in [3.05, 3.63) is 180 Å². The summed E-state index contributed by atoms with van der Waals surface area (Å²) < 4.78 is 0. The Morgan fingerprint density at radius 2 is 0.600 bits per heavy atom. The van der Waals surface area contributed by atoms with E-state index >= 15 is 0 Å². The van der Waals surface area contributed by atoms with Crippen LogP contribution >= 0.6 is 21.6 Å². The van der Waals surface area contributed by atoms with Gasteiger partial charge in [0.1, 0.15) is 0 Å². The number of amides is 4. The third-order valence-corrected chi connectivity index (χ3v) is 9.84. The van der Waals surface area contributed by atoms with E-state index in [0.29, 0.717) is 54.8 Å². The summed E-state index contributed by atoms with van der Waals surface area (Å²) in [4.78, 5) is 54.5. The molecule has 8 nitrogen and oxygen atoms in total. The molecule has 0 unspecified atom stereocenters. The van der Waals surface area contributed by atoms with Gasteiger partial charge in [0.25, 0.3) is 23.6 Å². The minimum Gasteiger partial charge on any atom is -0.320 e. The maximum atomic E-state index is 13.4. The number of para-hydroxylation sites is 2. The van der Waals surface area contributed by atoms with E-state index in [2.05, 4.69) is 21.3 Å². The van der Waals surface area contributed by atoms with Crippen LogP contribution in [0.3, 0.4) is 0 Å². The number of hydrogen-bond donors (Lipinski definition) is 4. The fraction of sp³-hybridized carbons (Fsp3) is 0. The third kappa shape index (κ3) is 8.48. The van der Waals surface area contributed by atoms with Crippen molar-refractivity contribution in [2.24, 2.45) is 0 Å². The lowest BCUT2D eigenvalue weighted by atomic mass is 10.2. The van der Waals surface area contributed by atoms with E-state index < -0.39 is 0 Å². The SMILES string of the molecule is O=C(Nc1cccc(SSc2cccc(NC(=O)c3ccccc3)c2NC(=O)c2ccccc2)c1NC(=O)c1ccccc1)c1ccccc1. The Morgan fingerprint density at radius 1 is 0.320 bits per heavy atom. The minimum absolute atomic E-state index is 0.330. The van der Waals surface area contributed by atoms with Gasteiger partial charge in [-0.05, 0) is 72.8 Å². The lowest BCUT2D eigenvalue weighted by Crippen LogP contribution is -2.17. The van der Waals surface area contributed by atoms with Crippen molar-refractivity contribution in [1.82, 2.24) is 0 Å². The first-order valence-electron chi connectivity index (χ1n) is 15.5. The first-order valence-corrected chi connectivity index (χ1v) is 17.7. The highest BCUT2D eigenvalue weighted by Gasteiger charge is 2.20. The van der Waals surface area contributed by atoms with Crippen LogP contribution < -0.4 is 21.3 Å². The summed E-state index contributed by atoms with van der Waals surface area (Å²) in [6.45, 7) is 0. The molecule has 6 aromatic rings. The smallest absolute Gasteiger partial charge is 0.255 e. The van der Waals surface area contributed by atoms with Crippen molar-refractivity contribution in [2.75, 3.05) is 21.3 Å². The van der Waals surface area contributed by atoms with Crippen LogP contribution in [0.4, 0.5) is 22.7 Å². The van der Waals surface area contributed by atoms with Crippen molar-refractivity contribution < 1.29 is 19.2 Å². The molecule has 0 aliphatic carbocycles. The number of nitrogens with one attached hydrogen (secondary N) is 4. The lowest BCUT2D eigenvalue weighted by Gasteiger charge is -2.18. The molecule has 50 heavy (non-hydrogen) atoms. The molecule has 4 N–H and O–H groups in total. The molecular weight excluding hydrogens is 665 g/mol. The first kappa shape index (κ1) is 33.8. The van der Waals surface area contributed by atoms with Gasteiger partial charge in [0.2, 0.25) is 0 Å². The van der Waals surface area contributed by atoms with Crippen molar-refractivity contribution in [3.63, 3.8) is 0 Å². The summed E-state index contributed by atoms with van der Waals surface area (Å²) >= 11 is 0. The van der Waals surface area contributed by atoms with E-state index in [1.165, 1.54) is 21.6 Å². The molecule has 0 heterocycles. The molecule has 0 aliphatic heterocycles. The molecule has 4 amide bonds. The van der Waals surface area contributed by atoms with E-state index in [-0.39, 0.29) is 23.6 Å². The Bertz CT molecular complexity index is 1980. The molecular formula is C40H30N4O4S2. The van der Waals surface area contributed by atoms with Gasteiger partial charge in [-0.3, -0.25) is 19.2 Å². The van der Waals surface area contributed by atoms with Crippen LogP contribution in [0, 0.1) is 0 Å². The van der Waals surface area contributed by atoms with Crippen LogP contribution in [0.2, 0.25) is 0 Å². The molecule has 6 rings (SSSR count). The normalized spacial score (nSPS) is 10.5. The Balaban J connectivity index is 1.33. The molecule has 0 aliphatic rings. The molecule has 0 aromatic heterocycles. The summed E-state index contributed by atoms with van der Waals surface area (Å²) in [7, 11) is 2.64. The zero-order valence-corrected chi connectivity index (χ0v) is 28.1. The van der Waals surface area contributed by atoms with Gasteiger partial charge in [-0.15, -0.1) is 0 Å². The molecule has 0 radical (unpaired) electrons. The van der Waals surface area contributed by atoms with Gasteiger partial charge < -0.3 is 21.3 Å². The number of anilines is 4. The predicted molar refractivity (Wildman–Crippen MR) is 202 cm³/mol. The highest BCUT2D eigenvalue weighted by Crippen LogP contribution is 2.47. The fourth-order valence-electron chi connectivity index (χ4n) is 4.88. The van der Waals surface area contributed by atoms with Crippen molar-refractivity contribution in [2.45, 2.75) is 9.79 Å². The van der Waals surface area contributed by atoms with Crippen LogP contribution in [0.1, 0.15) is 41.4 Å². The summed E-state index contributed by atoms with van der Waals surface area (Å²) in [5.41, 5.74) is 3.48. The molecule has 0 atom stereocenters. The molecule has 0 spiro atoms. The van der Waals surface area contributed by atoms with Gasteiger partial charge in [-0.1, -0.05) is 107 Å². The Hall–Kier alpha value is -6.10. The predicted octanol–water partition coefficient (Wildman–Crippen LogP) is 9.50. The van der Waals surface area contributed by atoms with Gasteiger partial charge >= 0.3 is 0 Å². The number of carbonyl (C=O) groups excluding carboxylic acids is 4. The quantitative estimate of drug-likeness (QED) is 0.100. The molecule has 0 fully saturated rings. The lowest BCUT2D eigenvalue weighted by molar-refractivity contribution is 0.101. The summed E-state index contributed by atoms with van der Waals surface area (Å²) in [6, 6.07) is 45.9. The average Bonchev–Trinajstić information content (AvgIpc) is 3.17. The maximum absolute atomic E-state index is 13.4. The number of rotatable bonds is 11. The first-order chi connectivity index (χ1) is 24.5. The highest BCUT2D eigenvalue weighted by atomic mass is 33.1. The van der Waals surface area contributed by atoms with E-state index in [1.807, 2.05) is 36.4 Å². The second kappa shape index (κ2) is 16.3. The van der Waals surface area contributed by atoms with Gasteiger partial charge in [-0.2, -0.15) is 0 Å².